The highest BCUT2D eigenvalue weighted by atomic mass is 32.2. The molecule has 120 valence electrons. The Balaban J connectivity index is 2.77. The Kier molecular flexibility index (Phi) is 5.64. The van der Waals surface area contributed by atoms with Crippen LogP contribution in [0.1, 0.15) is 39.4 Å². The monoisotopic (exact) mass is 316 g/mol. The van der Waals surface area contributed by atoms with E-state index in [9.17, 15) is 13.5 Å². The largest absolute Gasteiger partial charge is 0.493 e. The van der Waals surface area contributed by atoms with Crippen molar-refractivity contribution >= 4 is 9.84 Å². The first-order valence-corrected chi connectivity index (χ1v) is 8.45. The van der Waals surface area contributed by atoms with Crippen LogP contribution in [0.4, 0.5) is 0 Å². The summed E-state index contributed by atoms with van der Waals surface area (Å²) in [5, 5.41) is 9.53. The van der Waals surface area contributed by atoms with Gasteiger partial charge in [-0.15, -0.1) is 0 Å². The lowest BCUT2D eigenvalue weighted by atomic mass is 10.1. The molecule has 0 heterocycles. The number of aliphatic hydroxyl groups is 1. The SMILES string of the molecule is COc1cc(C(C)O)ccc1OCCS(=O)(=O)C(C)(C)C. The van der Waals surface area contributed by atoms with E-state index in [2.05, 4.69) is 0 Å². The lowest BCUT2D eigenvalue weighted by Gasteiger charge is -2.19. The van der Waals surface area contributed by atoms with Crippen molar-refractivity contribution < 1.29 is 23.0 Å². The van der Waals surface area contributed by atoms with E-state index >= 15 is 0 Å². The molecule has 0 bridgehead atoms. The number of benzene rings is 1. The van der Waals surface area contributed by atoms with E-state index in [-0.39, 0.29) is 12.4 Å². The van der Waals surface area contributed by atoms with Crippen molar-refractivity contribution in [2.75, 3.05) is 19.5 Å². The standard InChI is InChI=1S/C15H24O5S/c1-11(16)12-6-7-13(14(10-12)19-5)20-8-9-21(17,18)15(2,3)4/h6-7,10-11,16H,8-9H2,1-5H3. The van der Waals surface area contributed by atoms with Crippen molar-refractivity contribution in [2.45, 2.75) is 38.5 Å². The maximum absolute atomic E-state index is 12.0. The number of hydrogen-bond acceptors (Lipinski definition) is 5. The second kappa shape index (κ2) is 6.66. The van der Waals surface area contributed by atoms with Gasteiger partial charge in [-0.05, 0) is 45.4 Å². The van der Waals surface area contributed by atoms with Gasteiger partial charge in [-0.2, -0.15) is 0 Å². The minimum absolute atomic E-state index is 0.0577. The molecule has 1 atom stereocenters. The molecule has 0 spiro atoms. The molecule has 0 saturated carbocycles. The Hall–Kier alpha value is -1.27. The molecule has 1 N–H and O–H groups in total. The third kappa shape index (κ3) is 4.61. The van der Waals surface area contributed by atoms with Crippen molar-refractivity contribution in [2.24, 2.45) is 0 Å². The Morgan fingerprint density at radius 3 is 2.33 bits per heavy atom. The van der Waals surface area contributed by atoms with Crippen LogP contribution in [0.25, 0.3) is 0 Å². The highest BCUT2D eigenvalue weighted by Crippen LogP contribution is 2.30. The summed E-state index contributed by atoms with van der Waals surface area (Å²) in [5.41, 5.74) is 0.710. The molecule has 1 rings (SSSR count). The van der Waals surface area contributed by atoms with Crippen LogP contribution in [0, 0.1) is 0 Å². The molecule has 5 nitrogen and oxygen atoms in total. The maximum Gasteiger partial charge on any atom is 0.161 e. The summed E-state index contributed by atoms with van der Waals surface area (Å²) in [6.07, 6.45) is -0.603. The lowest BCUT2D eigenvalue weighted by molar-refractivity contribution is 0.198. The quantitative estimate of drug-likeness (QED) is 0.872. The molecular formula is C15H24O5S. The number of ether oxygens (including phenoxy) is 2. The first-order chi connectivity index (χ1) is 9.58. The fourth-order valence-electron chi connectivity index (χ4n) is 1.63. The van der Waals surface area contributed by atoms with Gasteiger partial charge in [-0.1, -0.05) is 6.07 Å². The first kappa shape index (κ1) is 17.8. The Labute approximate surface area is 126 Å². The van der Waals surface area contributed by atoms with Crippen LogP contribution in [-0.2, 0) is 9.84 Å². The van der Waals surface area contributed by atoms with E-state index in [1.54, 1.807) is 45.9 Å². The van der Waals surface area contributed by atoms with Gasteiger partial charge in [0.05, 0.1) is 23.7 Å². The van der Waals surface area contributed by atoms with Crippen LogP contribution in [0.3, 0.4) is 0 Å². The number of aliphatic hydroxyl groups excluding tert-OH is 1. The molecule has 0 aromatic heterocycles. The molecule has 1 unspecified atom stereocenters. The maximum atomic E-state index is 12.0. The average molecular weight is 316 g/mol. The highest BCUT2D eigenvalue weighted by molar-refractivity contribution is 7.92. The number of hydrogen-bond donors (Lipinski definition) is 1. The van der Waals surface area contributed by atoms with E-state index in [1.807, 2.05) is 0 Å². The first-order valence-electron chi connectivity index (χ1n) is 6.79. The van der Waals surface area contributed by atoms with Gasteiger partial charge < -0.3 is 14.6 Å². The minimum atomic E-state index is -3.21. The molecule has 21 heavy (non-hydrogen) atoms. The zero-order valence-electron chi connectivity index (χ0n) is 13.2. The van der Waals surface area contributed by atoms with Gasteiger partial charge in [0.15, 0.2) is 21.3 Å². The van der Waals surface area contributed by atoms with E-state index in [0.29, 0.717) is 17.1 Å². The summed E-state index contributed by atoms with van der Waals surface area (Å²) in [6.45, 7) is 6.72. The van der Waals surface area contributed by atoms with Crippen LogP contribution in [0.15, 0.2) is 18.2 Å². The normalized spacial score (nSPS) is 13.8. The topological polar surface area (TPSA) is 72.8 Å². The van der Waals surface area contributed by atoms with Crippen LogP contribution >= 0.6 is 0 Å². The van der Waals surface area contributed by atoms with Crippen LogP contribution < -0.4 is 9.47 Å². The average Bonchev–Trinajstić information content (AvgIpc) is 2.37. The molecular weight excluding hydrogens is 292 g/mol. The fraction of sp³-hybridized carbons (Fsp3) is 0.600. The van der Waals surface area contributed by atoms with Gasteiger partial charge in [-0.25, -0.2) is 8.42 Å². The van der Waals surface area contributed by atoms with Crippen molar-refractivity contribution in [3.8, 4) is 11.5 Å². The third-order valence-corrected chi connectivity index (χ3v) is 5.78. The van der Waals surface area contributed by atoms with Gasteiger partial charge in [-0.3, -0.25) is 0 Å². The summed E-state index contributed by atoms with van der Waals surface area (Å²) in [7, 11) is -1.71. The van der Waals surface area contributed by atoms with Gasteiger partial charge in [0.2, 0.25) is 0 Å². The molecule has 1 aromatic rings. The van der Waals surface area contributed by atoms with Crippen LogP contribution in [0.2, 0.25) is 0 Å². The Bertz CT molecular complexity index is 570. The molecule has 0 aliphatic carbocycles. The molecule has 0 saturated heterocycles. The highest BCUT2D eigenvalue weighted by Gasteiger charge is 2.28. The fourth-order valence-corrected chi connectivity index (χ4v) is 2.55. The Morgan fingerprint density at radius 1 is 1.24 bits per heavy atom. The van der Waals surface area contributed by atoms with Crippen molar-refractivity contribution in [1.82, 2.24) is 0 Å². The van der Waals surface area contributed by atoms with Gasteiger partial charge >= 0.3 is 0 Å². The predicted octanol–water partition coefficient (Wildman–Crippen LogP) is 2.34. The van der Waals surface area contributed by atoms with E-state index < -0.39 is 20.7 Å². The van der Waals surface area contributed by atoms with Gasteiger partial charge in [0.1, 0.15) is 6.61 Å². The zero-order valence-corrected chi connectivity index (χ0v) is 14.0. The van der Waals surface area contributed by atoms with Crippen LogP contribution in [-0.4, -0.2) is 37.7 Å². The summed E-state index contributed by atoms with van der Waals surface area (Å²) in [5.74, 6) is 0.880. The predicted molar refractivity (Wildman–Crippen MR) is 82.7 cm³/mol. The van der Waals surface area contributed by atoms with E-state index in [0.717, 1.165) is 0 Å². The second-order valence-electron chi connectivity index (χ2n) is 5.87. The molecule has 0 radical (unpaired) electrons. The molecule has 0 fully saturated rings. The Morgan fingerprint density at radius 2 is 1.86 bits per heavy atom. The minimum Gasteiger partial charge on any atom is -0.493 e. The van der Waals surface area contributed by atoms with Crippen molar-refractivity contribution in [3.63, 3.8) is 0 Å². The summed E-state index contributed by atoms with van der Waals surface area (Å²) < 4.78 is 33.9. The lowest BCUT2D eigenvalue weighted by Crippen LogP contribution is -2.32. The smallest absolute Gasteiger partial charge is 0.161 e. The molecule has 6 heteroatoms. The molecule has 0 amide bonds. The van der Waals surface area contributed by atoms with Crippen LogP contribution in [0.5, 0.6) is 11.5 Å². The molecule has 0 aliphatic rings. The molecule has 0 aliphatic heterocycles. The second-order valence-corrected chi connectivity index (χ2v) is 8.73. The van der Waals surface area contributed by atoms with Crippen molar-refractivity contribution in [1.29, 1.82) is 0 Å². The third-order valence-electron chi connectivity index (χ3n) is 3.21. The van der Waals surface area contributed by atoms with E-state index in [1.165, 1.54) is 7.11 Å². The van der Waals surface area contributed by atoms with Crippen molar-refractivity contribution in [3.05, 3.63) is 23.8 Å². The molecule has 1 aromatic carbocycles. The van der Waals surface area contributed by atoms with Gasteiger partial charge in [0.25, 0.3) is 0 Å². The zero-order chi connectivity index (χ0) is 16.3. The summed E-state index contributed by atoms with van der Waals surface area (Å²) >= 11 is 0. The summed E-state index contributed by atoms with van der Waals surface area (Å²) in [6, 6.07) is 5.07. The number of rotatable bonds is 6. The number of sulfone groups is 1. The van der Waals surface area contributed by atoms with E-state index in [4.69, 9.17) is 9.47 Å². The van der Waals surface area contributed by atoms with Gasteiger partial charge in [0, 0.05) is 0 Å². The number of methoxy groups -OCH3 is 1. The summed E-state index contributed by atoms with van der Waals surface area (Å²) in [4.78, 5) is 0.